The maximum absolute atomic E-state index is 5.85. The van der Waals surface area contributed by atoms with Crippen LogP contribution in [0.25, 0.3) is 0 Å². The van der Waals surface area contributed by atoms with E-state index >= 15 is 0 Å². The van der Waals surface area contributed by atoms with Crippen molar-refractivity contribution in [2.45, 2.75) is 12.7 Å². The first-order valence-electron chi connectivity index (χ1n) is 6.87. The molecule has 0 unspecified atom stereocenters. The molecule has 0 spiro atoms. The van der Waals surface area contributed by atoms with E-state index in [1.807, 2.05) is 43.3 Å². The summed E-state index contributed by atoms with van der Waals surface area (Å²) < 4.78 is 5.36. The zero-order valence-corrected chi connectivity index (χ0v) is 13.5. The summed E-state index contributed by atoms with van der Waals surface area (Å²) in [7, 11) is 1.65. The Balaban J connectivity index is 1.97. The Morgan fingerprint density at radius 2 is 1.95 bits per heavy atom. The molecule has 0 atom stereocenters. The molecule has 0 aliphatic heterocycles. The molecule has 0 fully saturated rings. The maximum atomic E-state index is 5.85. The monoisotopic (exact) mass is 313 g/mol. The van der Waals surface area contributed by atoms with Gasteiger partial charge < -0.3 is 10.5 Å². The van der Waals surface area contributed by atoms with Gasteiger partial charge in [-0.15, -0.1) is 5.10 Å². The molecule has 0 aliphatic carbocycles. The number of rotatable bonds is 5. The van der Waals surface area contributed by atoms with Crippen LogP contribution in [0.1, 0.15) is 16.7 Å². The Morgan fingerprint density at radius 1 is 1.18 bits per heavy atom. The summed E-state index contributed by atoms with van der Waals surface area (Å²) >= 11 is 1.46. The second-order valence-corrected chi connectivity index (χ2v) is 5.65. The van der Waals surface area contributed by atoms with Crippen molar-refractivity contribution in [1.29, 1.82) is 0 Å². The molecule has 0 aromatic heterocycles. The van der Waals surface area contributed by atoms with Gasteiger partial charge in [0.15, 0.2) is 5.17 Å². The summed E-state index contributed by atoms with van der Waals surface area (Å²) in [6.45, 7) is 1.99. The first-order valence-corrected chi connectivity index (χ1v) is 7.86. The van der Waals surface area contributed by atoms with Crippen LogP contribution in [0.4, 0.5) is 0 Å². The zero-order chi connectivity index (χ0) is 15.8. The molecule has 2 aromatic rings. The van der Waals surface area contributed by atoms with Crippen molar-refractivity contribution in [3.8, 4) is 5.75 Å². The number of thioether (sulfide) groups is 1. The van der Waals surface area contributed by atoms with E-state index in [0.29, 0.717) is 5.17 Å². The van der Waals surface area contributed by atoms with Gasteiger partial charge in [-0.3, -0.25) is 0 Å². The van der Waals surface area contributed by atoms with Crippen LogP contribution in [0.2, 0.25) is 0 Å². The average molecular weight is 313 g/mol. The highest BCUT2D eigenvalue weighted by molar-refractivity contribution is 8.13. The van der Waals surface area contributed by atoms with Gasteiger partial charge in [-0.2, -0.15) is 5.10 Å². The number of para-hydroxylation sites is 1. The van der Waals surface area contributed by atoms with Crippen molar-refractivity contribution < 1.29 is 4.74 Å². The molecule has 2 rings (SSSR count). The van der Waals surface area contributed by atoms with Gasteiger partial charge in [-0.05, 0) is 24.1 Å². The number of benzene rings is 2. The summed E-state index contributed by atoms with van der Waals surface area (Å²) in [6.07, 6.45) is 1.65. The molecule has 114 valence electrons. The van der Waals surface area contributed by atoms with Crippen LogP contribution in [0.5, 0.6) is 5.75 Å². The first-order chi connectivity index (χ1) is 10.7. The molecular weight excluding hydrogens is 294 g/mol. The second-order valence-electron chi connectivity index (χ2n) is 4.65. The molecule has 5 heteroatoms. The lowest BCUT2D eigenvalue weighted by Gasteiger charge is -2.06. The van der Waals surface area contributed by atoms with Crippen LogP contribution in [0.15, 0.2) is 58.7 Å². The van der Waals surface area contributed by atoms with Crippen LogP contribution in [0, 0.1) is 6.92 Å². The second kappa shape index (κ2) is 8.24. The first kappa shape index (κ1) is 16.1. The van der Waals surface area contributed by atoms with E-state index in [0.717, 1.165) is 22.6 Å². The minimum Gasteiger partial charge on any atom is -0.496 e. The molecule has 0 bridgehead atoms. The molecule has 4 nitrogen and oxygen atoms in total. The van der Waals surface area contributed by atoms with E-state index in [2.05, 4.69) is 22.3 Å². The molecule has 0 aliphatic rings. The van der Waals surface area contributed by atoms with Gasteiger partial charge >= 0.3 is 0 Å². The van der Waals surface area contributed by atoms with E-state index in [1.54, 1.807) is 13.3 Å². The van der Waals surface area contributed by atoms with Gasteiger partial charge in [-0.25, -0.2) is 0 Å². The molecule has 2 aromatic carbocycles. The fraction of sp³-hybridized carbons (Fsp3) is 0.176. The third-order valence-corrected chi connectivity index (χ3v) is 3.88. The van der Waals surface area contributed by atoms with Crippen LogP contribution >= 0.6 is 11.8 Å². The molecule has 0 radical (unpaired) electrons. The summed E-state index contributed by atoms with van der Waals surface area (Å²) in [5.41, 5.74) is 9.00. The Morgan fingerprint density at radius 3 is 2.68 bits per heavy atom. The highest BCUT2D eigenvalue weighted by Gasteiger charge is 2.02. The van der Waals surface area contributed by atoms with Gasteiger partial charge in [-0.1, -0.05) is 54.2 Å². The summed E-state index contributed by atoms with van der Waals surface area (Å²) in [5.74, 6) is 1.58. The van der Waals surface area contributed by atoms with Crippen molar-refractivity contribution in [3.05, 3.63) is 65.2 Å². The standard InChI is InChI=1S/C17H19N3OS/c1-13-7-6-10-15(16(13)21-2)11-19-20-17(18)22-12-14-8-4-3-5-9-14/h3-11H,12H2,1-2H3,(H2,18,20). The van der Waals surface area contributed by atoms with E-state index in [-0.39, 0.29) is 0 Å². The third kappa shape index (κ3) is 4.63. The Kier molecular flexibility index (Phi) is 6.03. The fourth-order valence-corrected chi connectivity index (χ4v) is 2.58. The Hall–Kier alpha value is -2.27. The van der Waals surface area contributed by atoms with Gasteiger partial charge in [0.2, 0.25) is 0 Å². The maximum Gasteiger partial charge on any atom is 0.180 e. The normalized spacial score (nSPS) is 11.8. The van der Waals surface area contributed by atoms with Gasteiger partial charge in [0.25, 0.3) is 0 Å². The van der Waals surface area contributed by atoms with Crippen molar-refractivity contribution in [1.82, 2.24) is 0 Å². The molecule has 22 heavy (non-hydrogen) atoms. The predicted molar refractivity (Wildman–Crippen MR) is 94.7 cm³/mol. The topological polar surface area (TPSA) is 60.0 Å². The minimum atomic E-state index is 0.437. The van der Waals surface area contributed by atoms with Crippen LogP contribution < -0.4 is 10.5 Å². The molecule has 0 saturated carbocycles. The fourth-order valence-electron chi connectivity index (χ4n) is 1.96. The Labute approximate surface area is 135 Å². The van der Waals surface area contributed by atoms with Crippen LogP contribution in [0.3, 0.4) is 0 Å². The number of nitrogens with two attached hydrogens (primary N) is 1. The largest absolute Gasteiger partial charge is 0.496 e. The van der Waals surface area contributed by atoms with Gasteiger partial charge in [0.1, 0.15) is 5.75 Å². The number of hydrogen-bond donors (Lipinski definition) is 1. The predicted octanol–water partition coefficient (Wildman–Crippen LogP) is 3.59. The van der Waals surface area contributed by atoms with E-state index in [9.17, 15) is 0 Å². The lowest BCUT2D eigenvalue weighted by atomic mass is 10.1. The van der Waals surface area contributed by atoms with E-state index < -0.39 is 0 Å². The smallest absolute Gasteiger partial charge is 0.180 e. The summed E-state index contributed by atoms with van der Waals surface area (Å²) in [5, 5.41) is 8.49. The van der Waals surface area contributed by atoms with E-state index in [4.69, 9.17) is 10.5 Å². The molecular formula is C17H19N3OS. The summed E-state index contributed by atoms with van der Waals surface area (Å²) in [4.78, 5) is 0. The van der Waals surface area contributed by atoms with Gasteiger partial charge in [0, 0.05) is 11.3 Å². The number of hydrogen-bond acceptors (Lipinski definition) is 4. The zero-order valence-electron chi connectivity index (χ0n) is 12.7. The molecule has 0 heterocycles. The lowest BCUT2D eigenvalue weighted by Crippen LogP contribution is -2.06. The highest BCUT2D eigenvalue weighted by atomic mass is 32.2. The van der Waals surface area contributed by atoms with Crippen molar-refractivity contribution in [2.24, 2.45) is 15.9 Å². The summed E-state index contributed by atoms with van der Waals surface area (Å²) in [6, 6.07) is 16.0. The number of ether oxygens (including phenoxy) is 1. The van der Waals surface area contributed by atoms with Crippen molar-refractivity contribution in [2.75, 3.05) is 7.11 Å². The van der Waals surface area contributed by atoms with E-state index in [1.165, 1.54) is 17.3 Å². The minimum absolute atomic E-state index is 0.437. The lowest BCUT2D eigenvalue weighted by molar-refractivity contribution is 0.411. The van der Waals surface area contributed by atoms with Crippen LogP contribution in [-0.4, -0.2) is 18.5 Å². The van der Waals surface area contributed by atoms with Gasteiger partial charge in [0.05, 0.1) is 13.3 Å². The van der Waals surface area contributed by atoms with Crippen LogP contribution in [-0.2, 0) is 5.75 Å². The molecule has 0 saturated heterocycles. The molecule has 2 N–H and O–H groups in total. The number of methoxy groups -OCH3 is 1. The SMILES string of the molecule is COc1c(C)cccc1C=NN=C(N)SCc1ccccc1. The number of amidine groups is 1. The number of aryl methyl sites for hydroxylation is 1. The van der Waals surface area contributed by atoms with Crippen molar-refractivity contribution >= 4 is 23.1 Å². The Bertz CT molecular complexity index is 669. The number of nitrogens with zero attached hydrogens (tertiary/aromatic N) is 2. The third-order valence-electron chi connectivity index (χ3n) is 3.03. The van der Waals surface area contributed by atoms with Crippen molar-refractivity contribution in [3.63, 3.8) is 0 Å². The average Bonchev–Trinajstić information content (AvgIpc) is 2.54. The molecule has 0 amide bonds. The highest BCUT2D eigenvalue weighted by Crippen LogP contribution is 2.21. The quantitative estimate of drug-likeness (QED) is 0.521.